The molecule has 0 bridgehead atoms. The van der Waals surface area contributed by atoms with Gasteiger partial charge in [0.2, 0.25) is 0 Å². The van der Waals surface area contributed by atoms with E-state index < -0.39 is 18.3 Å². The van der Waals surface area contributed by atoms with E-state index in [0.29, 0.717) is 23.1 Å². The zero-order chi connectivity index (χ0) is 16.5. The van der Waals surface area contributed by atoms with E-state index in [2.05, 4.69) is 10.3 Å². The van der Waals surface area contributed by atoms with E-state index in [9.17, 15) is 0 Å². The van der Waals surface area contributed by atoms with E-state index in [4.69, 9.17) is 26.6 Å². The fraction of sp³-hybridized carbons (Fsp3) is 0.533. The van der Waals surface area contributed by atoms with Crippen molar-refractivity contribution in [1.29, 1.82) is 0 Å². The molecular weight excluding hydrogens is 300 g/mol. The topological polar surface area (TPSA) is 69.4 Å². The summed E-state index contributed by atoms with van der Waals surface area (Å²) in [5, 5.41) is 3.52. The summed E-state index contributed by atoms with van der Waals surface area (Å²) in [5.74, 6) is 0. The predicted molar refractivity (Wildman–Crippen MR) is 91.6 cm³/mol. The smallest absolute Gasteiger partial charge is 0.400 e. The van der Waals surface area contributed by atoms with Gasteiger partial charge in [-0.1, -0.05) is 11.6 Å². The van der Waals surface area contributed by atoms with Gasteiger partial charge in [-0.2, -0.15) is 0 Å². The van der Waals surface area contributed by atoms with Gasteiger partial charge in [-0.3, -0.25) is 0 Å². The molecule has 2 rings (SSSR count). The summed E-state index contributed by atoms with van der Waals surface area (Å²) in [6.45, 7) is 8.70. The van der Waals surface area contributed by atoms with Gasteiger partial charge in [-0.05, 0) is 58.4 Å². The summed E-state index contributed by atoms with van der Waals surface area (Å²) < 4.78 is 12.2. The summed E-state index contributed by atoms with van der Waals surface area (Å²) >= 11 is 5.95. The Morgan fingerprint density at radius 2 is 1.91 bits per heavy atom. The molecule has 22 heavy (non-hydrogen) atoms. The number of nitrogens with zero attached hydrogens (tertiary/aromatic N) is 1. The lowest BCUT2D eigenvalue weighted by molar-refractivity contribution is 0.00578. The Labute approximate surface area is 137 Å². The van der Waals surface area contributed by atoms with Crippen LogP contribution in [0.25, 0.3) is 6.08 Å². The molecule has 1 aliphatic rings. The van der Waals surface area contributed by atoms with Crippen LogP contribution in [0.4, 0.5) is 5.69 Å². The highest BCUT2D eigenvalue weighted by molar-refractivity contribution is 6.56. The second-order valence-electron chi connectivity index (χ2n) is 6.45. The van der Waals surface area contributed by atoms with Gasteiger partial charge >= 0.3 is 7.12 Å². The van der Waals surface area contributed by atoms with Crippen LogP contribution in [0, 0.1) is 0 Å². The van der Waals surface area contributed by atoms with Crippen molar-refractivity contribution in [1.82, 2.24) is 10.3 Å². The third-order valence-corrected chi connectivity index (χ3v) is 4.39. The minimum Gasteiger partial charge on any atom is -0.400 e. The Morgan fingerprint density at radius 1 is 1.32 bits per heavy atom. The summed E-state index contributed by atoms with van der Waals surface area (Å²) in [4.78, 5) is 4.26. The first kappa shape index (κ1) is 17.3. The highest BCUT2D eigenvalue weighted by atomic mass is 35.5. The molecule has 5 nitrogen and oxygen atoms in total. The average Bonchev–Trinajstić information content (AvgIpc) is 2.62. The van der Waals surface area contributed by atoms with Gasteiger partial charge in [0.1, 0.15) is 5.15 Å². The first-order chi connectivity index (χ1) is 10.2. The number of aromatic nitrogens is 1. The van der Waals surface area contributed by atoms with Crippen molar-refractivity contribution in [3.63, 3.8) is 0 Å². The number of nitrogens with two attached hydrogens (primary N) is 1. The lowest BCUT2D eigenvalue weighted by Gasteiger charge is -2.32. The molecule has 0 radical (unpaired) electrons. The molecule has 7 heteroatoms. The highest BCUT2D eigenvalue weighted by Gasteiger charge is 2.52. The number of nitrogen functional groups attached to an aromatic ring is 1. The van der Waals surface area contributed by atoms with Crippen LogP contribution < -0.4 is 11.1 Å². The fourth-order valence-corrected chi connectivity index (χ4v) is 2.31. The van der Waals surface area contributed by atoms with Gasteiger partial charge in [0, 0.05) is 6.54 Å². The van der Waals surface area contributed by atoms with Crippen molar-refractivity contribution in [2.24, 2.45) is 0 Å². The van der Waals surface area contributed by atoms with Crippen molar-refractivity contribution in [3.05, 3.63) is 28.5 Å². The minimum atomic E-state index is -0.447. The molecule has 0 saturated carbocycles. The molecule has 1 saturated heterocycles. The van der Waals surface area contributed by atoms with Crippen LogP contribution in [0.3, 0.4) is 0 Å². The number of rotatable bonds is 4. The molecule has 1 aliphatic heterocycles. The number of halogens is 1. The van der Waals surface area contributed by atoms with Crippen LogP contribution in [-0.2, 0) is 9.31 Å². The summed E-state index contributed by atoms with van der Waals surface area (Å²) in [6, 6.07) is 3.41. The normalized spacial score (nSPS) is 20.5. The van der Waals surface area contributed by atoms with Crippen LogP contribution in [0.5, 0.6) is 0 Å². The van der Waals surface area contributed by atoms with E-state index in [1.807, 2.05) is 40.8 Å². The van der Waals surface area contributed by atoms with Crippen LogP contribution in [0.15, 0.2) is 17.6 Å². The molecule has 0 unspecified atom stereocenters. The van der Waals surface area contributed by atoms with Gasteiger partial charge < -0.3 is 20.4 Å². The van der Waals surface area contributed by atoms with E-state index in [1.54, 1.807) is 12.1 Å². The average molecular weight is 324 g/mol. The van der Waals surface area contributed by atoms with Crippen molar-refractivity contribution >= 4 is 30.5 Å². The number of pyridine rings is 1. The zero-order valence-electron chi connectivity index (χ0n) is 13.7. The SMILES string of the molecule is CNCC(=Cc1nc(Cl)ccc1N)B1OC(C)(C)C(C)(C)O1. The maximum absolute atomic E-state index is 6.09. The molecule has 1 fully saturated rings. The van der Waals surface area contributed by atoms with Crippen LogP contribution in [0.1, 0.15) is 33.4 Å². The number of hydrogen-bond donors (Lipinski definition) is 2. The molecule has 3 N–H and O–H groups in total. The molecule has 0 atom stereocenters. The quantitative estimate of drug-likeness (QED) is 0.658. The lowest BCUT2D eigenvalue weighted by atomic mass is 9.77. The maximum Gasteiger partial charge on any atom is 0.491 e. The van der Waals surface area contributed by atoms with Crippen LogP contribution in [-0.4, -0.2) is 36.9 Å². The largest absolute Gasteiger partial charge is 0.491 e. The van der Waals surface area contributed by atoms with Crippen molar-refractivity contribution in [2.75, 3.05) is 19.3 Å². The molecule has 1 aromatic heterocycles. The van der Waals surface area contributed by atoms with Gasteiger partial charge in [0.15, 0.2) is 0 Å². The minimum absolute atomic E-state index is 0.391. The third kappa shape index (κ3) is 3.46. The Kier molecular flexibility index (Phi) is 4.87. The summed E-state index contributed by atoms with van der Waals surface area (Å²) in [5.41, 5.74) is 7.29. The number of likely N-dealkylation sites (N-methyl/N-ethyl adjacent to an activating group) is 1. The molecule has 0 aliphatic carbocycles. The fourth-order valence-electron chi connectivity index (χ4n) is 2.15. The number of anilines is 1. The van der Waals surface area contributed by atoms with Crippen molar-refractivity contribution in [3.8, 4) is 0 Å². The van der Waals surface area contributed by atoms with E-state index in [0.717, 1.165) is 5.47 Å². The van der Waals surface area contributed by atoms with E-state index >= 15 is 0 Å². The Hall–Kier alpha value is -1.08. The van der Waals surface area contributed by atoms with Gasteiger partial charge in [0.05, 0.1) is 22.6 Å². The van der Waals surface area contributed by atoms with Crippen LogP contribution in [0.2, 0.25) is 5.15 Å². The molecule has 0 amide bonds. The standard InChI is InChI=1S/C15H23BClN3O2/c1-14(2)15(3,4)22-16(21-14)10(9-19-5)8-12-11(18)6-7-13(17)20-12/h6-8,19H,9,18H2,1-5H3. The monoisotopic (exact) mass is 323 g/mol. The van der Waals surface area contributed by atoms with Gasteiger partial charge in [-0.25, -0.2) is 4.98 Å². The van der Waals surface area contributed by atoms with Gasteiger partial charge in [0.25, 0.3) is 0 Å². The van der Waals surface area contributed by atoms with E-state index in [-0.39, 0.29) is 0 Å². The maximum atomic E-state index is 6.09. The lowest BCUT2D eigenvalue weighted by Crippen LogP contribution is -2.41. The predicted octanol–water partition coefficient (Wildman–Crippen LogP) is 2.55. The van der Waals surface area contributed by atoms with Crippen LogP contribution >= 0.6 is 11.6 Å². The Morgan fingerprint density at radius 3 is 2.45 bits per heavy atom. The molecule has 1 aromatic rings. The number of nitrogens with one attached hydrogen (secondary N) is 1. The first-order valence-electron chi connectivity index (χ1n) is 7.29. The third-order valence-electron chi connectivity index (χ3n) is 4.18. The molecule has 0 aromatic carbocycles. The van der Waals surface area contributed by atoms with Gasteiger partial charge in [-0.15, -0.1) is 0 Å². The summed E-state index contributed by atoms with van der Waals surface area (Å²) in [7, 11) is 1.42. The Bertz CT molecular complexity index is 574. The van der Waals surface area contributed by atoms with E-state index in [1.165, 1.54) is 0 Å². The first-order valence-corrected chi connectivity index (χ1v) is 7.67. The van der Waals surface area contributed by atoms with Crippen molar-refractivity contribution < 1.29 is 9.31 Å². The van der Waals surface area contributed by atoms with Crippen molar-refractivity contribution in [2.45, 2.75) is 38.9 Å². The highest BCUT2D eigenvalue weighted by Crippen LogP contribution is 2.38. The molecule has 0 spiro atoms. The second-order valence-corrected chi connectivity index (χ2v) is 6.83. The second kappa shape index (κ2) is 6.20. The molecular formula is C15H23BClN3O2. The molecule has 2 heterocycles. The summed E-state index contributed by atoms with van der Waals surface area (Å²) in [6.07, 6.45) is 1.87. The zero-order valence-corrected chi connectivity index (χ0v) is 14.5. The Balaban J connectivity index is 2.35. The number of hydrogen-bond acceptors (Lipinski definition) is 5. The molecule has 120 valence electrons.